The third-order valence-corrected chi connectivity index (χ3v) is 8.17. The quantitative estimate of drug-likeness (QED) is 0.139. The summed E-state index contributed by atoms with van der Waals surface area (Å²) in [5.41, 5.74) is 3.38. The number of aliphatic hydroxyl groups excluding tert-OH is 1. The lowest BCUT2D eigenvalue weighted by Crippen LogP contribution is -2.22. The SMILES string of the molecule is C[Si](C)(C)CCOCn1ncc(NC(O)c2cnn3cccnc23)c1-c1cc(C2CC2)ccc1OC(F)F. The Morgan fingerprint density at radius 3 is 2.74 bits per heavy atom. The van der Waals surface area contributed by atoms with E-state index in [2.05, 4.69) is 40.1 Å². The minimum absolute atomic E-state index is 0.0310. The summed E-state index contributed by atoms with van der Waals surface area (Å²) in [4.78, 5) is 4.30. The van der Waals surface area contributed by atoms with Gasteiger partial charge in [-0.25, -0.2) is 14.2 Å². The molecule has 1 saturated carbocycles. The molecule has 0 bridgehead atoms. The average Bonchev–Trinajstić information content (AvgIpc) is 3.51. The first-order valence-electron chi connectivity index (χ1n) is 12.6. The summed E-state index contributed by atoms with van der Waals surface area (Å²) < 4.78 is 40.8. The van der Waals surface area contributed by atoms with Gasteiger partial charge in [0.1, 0.15) is 12.5 Å². The molecule has 1 fully saturated rings. The lowest BCUT2D eigenvalue weighted by atomic mass is 10.0. The third kappa shape index (κ3) is 6.03. The number of aromatic nitrogens is 5. The number of alkyl halides is 2. The molecule has 1 unspecified atom stereocenters. The molecule has 0 radical (unpaired) electrons. The second kappa shape index (κ2) is 10.8. The van der Waals surface area contributed by atoms with Crippen molar-refractivity contribution in [1.29, 1.82) is 0 Å². The summed E-state index contributed by atoms with van der Waals surface area (Å²) in [7, 11) is -1.30. The Morgan fingerprint density at radius 1 is 1.18 bits per heavy atom. The van der Waals surface area contributed by atoms with E-state index in [1.807, 2.05) is 12.1 Å². The van der Waals surface area contributed by atoms with Gasteiger partial charge in [0.05, 0.1) is 29.3 Å². The van der Waals surface area contributed by atoms with Crippen molar-refractivity contribution in [3.63, 3.8) is 0 Å². The molecular weight excluding hydrogens is 510 g/mol. The van der Waals surface area contributed by atoms with E-state index in [0.29, 0.717) is 40.7 Å². The zero-order valence-electron chi connectivity index (χ0n) is 21.6. The van der Waals surface area contributed by atoms with Crippen LogP contribution < -0.4 is 10.1 Å². The number of hydrogen-bond acceptors (Lipinski definition) is 7. The molecule has 1 aromatic carbocycles. The molecule has 202 valence electrons. The van der Waals surface area contributed by atoms with E-state index in [1.54, 1.807) is 39.9 Å². The highest BCUT2D eigenvalue weighted by molar-refractivity contribution is 6.76. The lowest BCUT2D eigenvalue weighted by molar-refractivity contribution is -0.0495. The van der Waals surface area contributed by atoms with E-state index in [0.717, 1.165) is 24.4 Å². The predicted molar refractivity (Wildman–Crippen MR) is 142 cm³/mol. The summed E-state index contributed by atoms with van der Waals surface area (Å²) in [6.07, 6.45) is 7.36. The Labute approximate surface area is 220 Å². The highest BCUT2D eigenvalue weighted by Crippen LogP contribution is 2.45. The van der Waals surface area contributed by atoms with Crippen LogP contribution in [0.15, 0.2) is 49.1 Å². The molecule has 4 aromatic rings. The number of nitrogens with zero attached hydrogens (tertiary/aromatic N) is 5. The van der Waals surface area contributed by atoms with Crippen LogP contribution in [0.1, 0.15) is 36.1 Å². The minimum atomic E-state index is -2.99. The van der Waals surface area contributed by atoms with Gasteiger partial charge in [-0.15, -0.1) is 0 Å². The second-order valence-electron chi connectivity index (χ2n) is 10.7. The summed E-state index contributed by atoms with van der Waals surface area (Å²) in [5, 5.41) is 22.9. The molecular formula is C26H32F2N6O3Si. The van der Waals surface area contributed by atoms with Gasteiger partial charge in [-0.2, -0.15) is 19.0 Å². The Kier molecular flexibility index (Phi) is 7.46. The number of halogens is 2. The Balaban J connectivity index is 1.51. The van der Waals surface area contributed by atoms with Crippen molar-refractivity contribution in [1.82, 2.24) is 24.4 Å². The molecule has 2 N–H and O–H groups in total. The fourth-order valence-electron chi connectivity index (χ4n) is 4.27. The molecule has 0 aliphatic heterocycles. The summed E-state index contributed by atoms with van der Waals surface area (Å²) >= 11 is 0. The zero-order valence-corrected chi connectivity index (χ0v) is 22.6. The molecule has 9 nitrogen and oxygen atoms in total. The molecule has 38 heavy (non-hydrogen) atoms. The van der Waals surface area contributed by atoms with Crippen molar-refractivity contribution < 1.29 is 23.4 Å². The molecule has 0 spiro atoms. The van der Waals surface area contributed by atoms with Gasteiger partial charge in [0.25, 0.3) is 0 Å². The van der Waals surface area contributed by atoms with Crippen molar-refractivity contribution in [3.05, 3.63) is 60.2 Å². The second-order valence-corrected chi connectivity index (χ2v) is 16.3. The van der Waals surface area contributed by atoms with Gasteiger partial charge in [-0.1, -0.05) is 25.7 Å². The van der Waals surface area contributed by atoms with Crippen molar-refractivity contribution >= 4 is 19.4 Å². The van der Waals surface area contributed by atoms with Crippen LogP contribution in [0, 0.1) is 0 Å². The summed E-state index contributed by atoms with van der Waals surface area (Å²) in [6, 6.07) is 8.00. The number of rotatable bonds is 12. The normalized spacial score (nSPS) is 14.8. The Hall–Kier alpha value is -3.35. The van der Waals surface area contributed by atoms with E-state index in [4.69, 9.17) is 9.47 Å². The van der Waals surface area contributed by atoms with Crippen LogP contribution in [0.2, 0.25) is 25.7 Å². The van der Waals surface area contributed by atoms with Crippen molar-refractivity contribution in [2.75, 3.05) is 11.9 Å². The molecule has 0 saturated heterocycles. The number of hydrogen-bond donors (Lipinski definition) is 2. The van der Waals surface area contributed by atoms with Crippen molar-refractivity contribution in [2.24, 2.45) is 0 Å². The average molecular weight is 543 g/mol. The number of fused-ring (bicyclic) bond motifs is 1. The molecule has 1 atom stereocenters. The lowest BCUT2D eigenvalue weighted by Gasteiger charge is -2.19. The first-order valence-corrected chi connectivity index (χ1v) is 16.4. The van der Waals surface area contributed by atoms with Gasteiger partial charge in [-0.05, 0) is 48.6 Å². The van der Waals surface area contributed by atoms with E-state index in [-0.39, 0.29) is 12.5 Å². The number of aliphatic hydroxyl groups is 1. The molecule has 3 heterocycles. The Bertz CT molecular complexity index is 1400. The molecule has 1 aliphatic carbocycles. The smallest absolute Gasteiger partial charge is 0.387 e. The fraction of sp³-hybridized carbons (Fsp3) is 0.423. The maximum absolute atomic E-state index is 13.4. The zero-order chi connectivity index (χ0) is 26.9. The molecule has 3 aromatic heterocycles. The fourth-order valence-corrected chi connectivity index (χ4v) is 5.02. The van der Waals surface area contributed by atoms with Gasteiger partial charge < -0.3 is 19.9 Å². The number of nitrogens with one attached hydrogen (secondary N) is 1. The monoisotopic (exact) mass is 542 g/mol. The van der Waals surface area contributed by atoms with Crippen LogP contribution in [-0.4, -0.2) is 50.8 Å². The van der Waals surface area contributed by atoms with Gasteiger partial charge in [0, 0.05) is 32.6 Å². The van der Waals surface area contributed by atoms with Gasteiger partial charge in [0.15, 0.2) is 11.9 Å². The van der Waals surface area contributed by atoms with Crippen LogP contribution in [0.25, 0.3) is 16.9 Å². The van der Waals surface area contributed by atoms with Crippen molar-refractivity contribution in [2.45, 2.75) is 64.0 Å². The highest BCUT2D eigenvalue weighted by Gasteiger charge is 2.28. The maximum atomic E-state index is 13.4. The van der Waals surface area contributed by atoms with Crippen LogP contribution in [0.5, 0.6) is 5.75 Å². The Morgan fingerprint density at radius 2 is 2.00 bits per heavy atom. The molecule has 0 amide bonds. The first-order chi connectivity index (χ1) is 18.2. The topological polar surface area (TPSA) is 98.7 Å². The molecule has 5 rings (SSSR count). The van der Waals surface area contributed by atoms with Crippen LogP contribution in [0.3, 0.4) is 0 Å². The van der Waals surface area contributed by atoms with Crippen LogP contribution in [0.4, 0.5) is 14.5 Å². The summed E-state index contributed by atoms with van der Waals surface area (Å²) in [6.45, 7) is 4.51. The van der Waals surface area contributed by atoms with E-state index >= 15 is 0 Å². The van der Waals surface area contributed by atoms with Crippen LogP contribution >= 0.6 is 0 Å². The standard InChI is InChI=1S/C26H32F2N6O3Si/c1-38(2,3)12-11-36-16-34-23(19-13-18(17-5-6-17)7-8-22(19)37-26(27)28)21(15-31-34)32-25(35)20-14-30-33-10-4-9-29-24(20)33/h4,7-10,13-15,17,25-26,32,35H,5-6,11-12,16H2,1-3H3. The van der Waals surface area contributed by atoms with Crippen LogP contribution in [-0.2, 0) is 11.5 Å². The van der Waals surface area contributed by atoms with Gasteiger partial charge in [0.2, 0.25) is 0 Å². The number of anilines is 1. The molecule has 1 aliphatic rings. The highest BCUT2D eigenvalue weighted by atomic mass is 28.3. The third-order valence-electron chi connectivity index (χ3n) is 6.47. The maximum Gasteiger partial charge on any atom is 0.387 e. The van der Waals surface area contributed by atoms with Gasteiger partial charge >= 0.3 is 6.61 Å². The van der Waals surface area contributed by atoms with E-state index < -0.39 is 20.9 Å². The molecule has 12 heteroatoms. The predicted octanol–water partition coefficient (Wildman–Crippen LogP) is 5.49. The number of benzene rings is 1. The van der Waals surface area contributed by atoms with Crippen molar-refractivity contribution in [3.8, 4) is 17.0 Å². The van der Waals surface area contributed by atoms with E-state index in [1.165, 1.54) is 6.20 Å². The minimum Gasteiger partial charge on any atom is -0.434 e. The first kappa shape index (κ1) is 26.3. The summed E-state index contributed by atoms with van der Waals surface area (Å²) in [5.74, 6) is 0.425. The largest absolute Gasteiger partial charge is 0.434 e. The number of ether oxygens (including phenoxy) is 2. The van der Waals surface area contributed by atoms with Gasteiger partial charge in [-0.3, -0.25) is 0 Å². The van der Waals surface area contributed by atoms with E-state index in [9.17, 15) is 13.9 Å².